The molecule has 3 nitrogen and oxygen atoms in total. The predicted octanol–water partition coefficient (Wildman–Crippen LogP) is 2.08. The van der Waals surface area contributed by atoms with Crippen LogP contribution in [0.3, 0.4) is 0 Å². The Morgan fingerprint density at radius 1 is 1.33 bits per heavy atom. The summed E-state index contributed by atoms with van der Waals surface area (Å²) < 4.78 is 0. The van der Waals surface area contributed by atoms with Crippen molar-refractivity contribution >= 4 is 10.9 Å². The average molecular weight is 241 g/mol. The molecule has 2 aromatic rings. The molecular weight excluding hydrogens is 222 g/mol. The van der Waals surface area contributed by atoms with Gasteiger partial charge in [0.15, 0.2) is 0 Å². The van der Waals surface area contributed by atoms with E-state index in [1.54, 1.807) is 0 Å². The second kappa shape index (κ2) is 4.67. The monoisotopic (exact) mass is 241 g/mol. The van der Waals surface area contributed by atoms with E-state index < -0.39 is 0 Å². The Balaban J connectivity index is 1.82. The van der Waals surface area contributed by atoms with Crippen LogP contribution in [0.5, 0.6) is 0 Å². The van der Waals surface area contributed by atoms with Crippen molar-refractivity contribution in [1.29, 1.82) is 0 Å². The van der Waals surface area contributed by atoms with E-state index >= 15 is 0 Å². The van der Waals surface area contributed by atoms with E-state index in [1.807, 2.05) is 6.92 Å². The lowest BCUT2D eigenvalue weighted by Crippen LogP contribution is -2.26. The maximum atomic E-state index is 5.93. The molecule has 1 aliphatic rings. The van der Waals surface area contributed by atoms with Crippen LogP contribution in [0.15, 0.2) is 30.3 Å². The molecule has 0 bridgehead atoms. The molecule has 2 N–H and O–H groups in total. The molecule has 1 aromatic heterocycles. The molecular formula is C15H19N3. The number of hydrogen-bond donors (Lipinski definition) is 1. The Bertz CT molecular complexity index is 565. The summed E-state index contributed by atoms with van der Waals surface area (Å²) in [5.74, 6) is 0. The van der Waals surface area contributed by atoms with Gasteiger partial charge in [-0.2, -0.15) is 0 Å². The molecule has 0 saturated carbocycles. The van der Waals surface area contributed by atoms with Crippen LogP contribution in [-0.4, -0.2) is 29.0 Å². The second-order valence-corrected chi connectivity index (χ2v) is 5.26. The quantitative estimate of drug-likeness (QED) is 0.875. The minimum Gasteiger partial charge on any atom is -0.326 e. The standard InChI is InChI=1S/C15H19N3/c1-11-2-4-13-8-12(3-5-15(13)17-11)9-18-7-6-14(16)10-18/h2-5,8,14H,6-7,9-10,16H2,1H3/t14-/m0/s1. The van der Waals surface area contributed by atoms with Crippen molar-refractivity contribution < 1.29 is 0 Å². The van der Waals surface area contributed by atoms with Gasteiger partial charge in [0.2, 0.25) is 0 Å². The zero-order valence-corrected chi connectivity index (χ0v) is 10.8. The summed E-state index contributed by atoms with van der Waals surface area (Å²) in [6.07, 6.45) is 1.12. The molecule has 3 rings (SSSR count). The number of likely N-dealkylation sites (tertiary alicyclic amines) is 1. The first-order valence-corrected chi connectivity index (χ1v) is 6.55. The van der Waals surface area contributed by atoms with E-state index in [-0.39, 0.29) is 0 Å². The molecule has 1 atom stereocenters. The first kappa shape index (κ1) is 11.6. The van der Waals surface area contributed by atoms with Crippen molar-refractivity contribution in [2.24, 2.45) is 5.73 Å². The number of aromatic nitrogens is 1. The summed E-state index contributed by atoms with van der Waals surface area (Å²) >= 11 is 0. The van der Waals surface area contributed by atoms with Gasteiger partial charge in [0.25, 0.3) is 0 Å². The van der Waals surface area contributed by atoms with Crippen LogP contribution < -0.4 is 5.73 Å². The van der Waals surface area contributed by atoms with E-state index in [2.05, 4.69) is 40.2 Å². The number of benzene rings is 1. The van der Waals surface area contributed by atoms with Gasteiger partial charge in [0, 0.05) is 36.8 Å². The van der Waals surface area contributed by atoms with Crippen LogP contribution in [0.1, 0.15) is 17.7 Å². The highest BCUT2D eigenvalue weighted by Gasteiger charge is 2.18. The molecule has 18 heavy (non-hydrogen) atoms. The van der Waals surface area contributed by atoms with Gasteiger partial charge in [0.05, 0.1) is 5.52 Å². The topological polar surface area (TPSA) is 42.1 Å². The number of fused-ring (bicyclic) bond motifs is 1. The smallest absolute Gasteiger partial charge is 0.0705 e. The van der Waals surface area contributed by atoms with Gasteiger partial charge in [0.1, 0.15) is 0 Å². The van der Waals surface area contributed by atoms with E-state index in [4.69, 9.17) is 5.73 Å². The minimum atomic E-state index is 0.356. The largest absolute Gasteiger partial charge is 0.326 e. The van der Waals surface area contributed by atoms with Crippen LogP contribution in [0.2, 0.25) is 0 Å². The van der Waals surface area contributed by atoms with Gasteiger partial charge in [-0.3, -0.25) is 9.88 Å². The molecule has 1 fully saturated rings. The van der Waals surface area contributed by atoms with Gasteiger partial charge in [-0.25, -0.2) is 0 Å². The third-order valence-electron chi connectivity index (χ3n) is 3.61. The van der Waals surface area contributed by atoms with Crippen LogP contribution in [0.4, 0.5) is 0 Å². The molecule has 0 amide bonds. The number of pyridine rings is 1. The Kier molecular flexibility index (Phi) is 3.02. The molecule has 1 aromatic carbocycles. The van der Waals surface area contributed by atoms with Crippen LogP contribution in [-0.2, 0) is 6.54 Å². The molecule has 1 saturated heterocycles. The molecule has 2 heterocycles. The molecule has 1 aliphatic heterocycles. The SMILES string of the molecule is Cc1ccc2cc(CN3CC[C@H](N)C3)ccc2n1. The summed E-state index contributed by atoms with van der Waals surface area (Å²) in [6, 6.07) is 11.1. The molecule has 94 valence electrons. The number of aryl methyl sites for hydroxylation is 1. The fraction of sp³-hybridized carbons (Fsp3) is 0.400. The van der Waals surface area contributed by atoms with Gasteiger partial charge < -0.3 is 5.73 Å². The lowest BCUT2D eigenvalue weighted by atomic mass is 10.1. The molecule has 0 spiro atoms. The number of nitrogens with zero attached hydrogens (tertiary/aromatic N) is 2. The maximum absolute atomic E-state index is 5.93. The molecule has 0 unspecified atom stereocenters. The van der Waals surface area contributed by atoms with Crippen molar-refractivity contribution in [2.45, 2.75) is 25.9 Å². The third kappa shape index (κ3) is 2.37. The Morgan fingerprint density at radius 2 is 2.22 bits per heavy atom. The first-order valence-electron chi connectivity index (χ1n) is 6.55. The van der Waals surface area contributed by atoms with Crippen molar-refractivity contribution in [3.63, 3.8) is 0 Å². The van der Waals surface area contributed by atoms with Crippen molar-refractivity contribution in [1.82, 2.24) is 9.88 Å². The van der Waals surface area contributed by atoms with Gasteiger partial charge >= 0.3 is 0 Å². The average Bonchev–Trinajstić information content (AvgIpc) is 2.75. The molecule has 3 heteroatoms. The van der Waals surface area contributed by atoms with E-state index in [0.29, 0.717) is 6.04 Å². The van der Waals surface area contributed by atoms with Gasteiger partial charge in [-0.1, -0.05) is 12.1 Å². The fourth-order valence-electron chi connectivity index (χ4n) is 2.64. The van der Waals surface area contributed by atoms with Crippen LogP contribution in [0, 0.1) is 6.92 Å². The van der Waals surface area contributed by atoms with Gasteiger partial charge in [-0.05, 0) is 37.1 Å². The summed E-state index contributed by atoms with van der Waals surface area (Å²) in [5.41, 5.74) is 9.43. The Morgan fingerprint density at radius 3 is 3.00 bits per heavy atom. The number of hydrogen-bond acceptors (Lipinski definition) is 3. The third-order valence-corrected chi connectivity index (χ3v) is 3.61. The summed E-state index contributed by atoms with van der Waals surface area (Å²) in [5, 5.41) is 1.22. The van der Waals surface area contributed by atoms with Crippen molar-refractivity contribution in [2.75, 3.05) is 13.1 Å². The normalized spacial score (nSPS) is 20.7. The summed E-state index contributed by atoms with van der Waals surface area (Å²) in [6.45, 7) is 5.16. The lowest BCUT2D eigenvalue weighted by molar-refractivity contribution is 0.327. The highest BCUT2D eigenvalue weighted by Crippen LogP contribution is 2.18. The van der Waals surface area contributed by atoms with E-state index in [0.717, 1.165) is 37.3 Å². The zero-order valence-electron chi connectivity index (χ0n) is 10.8. The fourth-order valence-corrected chi connectivity index (χ4v) is 2.64. The summed E-state index contributed by atoms with van der Waals surface area (Å²) in [7, 11) is 0. The highest BCUT2D eigenvalue weighted by atomic mass is 15.2. The van der Waals surface area contributed by atoms with Crippen molar-refractivity contribution in [3.05, 3.63) is 41.6 Å². The van der Waals surface area contributed by atoms with Crippen molar-refractivity contribution in [3.8, 4) is 0 Å². The minimum absolute atomic E-state index is 0.356. The predicted molar refractivity (Wildman–Crippen MR) is 74.3 cm³/mol. The van der Waals surface area contributed by atoms with Gasteiger partial charge in [-0.15, -0.1) is 0 Å². The molecule has 0 aliphatic carbocycles. The Hall–Kier alpha value is -1.45. The summed E-state index contributed by atoms with van der Waals surface area (Å²) in [4.78, 5) is 6.95. The first-order chi connectivity index (χ1) is 8.70. The molecule has 0 radical (unpaired) electrons. The van der Waals surface area contributed by atoms with Crippen LogP contribution in [0.25, 0.3) is 10.9 Å². The Labute approximate surface area is 108 Å². The second-order valence-electron chi connectivity index (χ2n) is 5.26. The van der Waals surface area contributed by atoms with E-state index in [1.165, 1.54) is 10.9 Å². The van der Waals surface area contributed by atoms with Crippen LogP contribution >= 0.6 is 0 Å². The van der Waals surface area contributed by atoms with E-state index in [9.17, 15) is 0 Å². The number of nitrogens with two attached hydrogens (primary N) is 1. The highest BCUT2D eigenvalue weighted by molar-refractivity contribution is 5.79. The number of rotatable bonds is 2. The zero-order chi connectivity index (χ0) is 12.5. The maximum Gasteiger partial charge on any atom is 0.0705 e. The lowest BCUT2D eigenvalue weighted by Gasteiger charge is -2.15.